The van der Waals surface area contributed by atoms with Crippen molar-refractivity contribution in [3.8, 4) is 0 Å². The Labute approximate surface area is 129 Å². The van der Waals surface area contributed by atoms with Crippen LogP contribution in [0.2, 0.25) is 0 Å². The standard InChI is InChI=1S/C17H19N3O2/c1-12-6-5-9-14(10-12)16(21)19-15(17(22)20-18)11-13-7-3-2-4-8-13/h2-10,15H,11,18H2,1H3,(H,19,21)(H,20,22). The molecule has 2 rings (SSSR count). The lowest BCUT2D eigenvalue weighted by atomic mass is 10.0. The lowest BCUT2D eigenvalue weighted by Gasteiger charge is -2.17. The minimum absolute atomic E-state index is 0.298. The van der Waals surface area contributed by atoms with Gasteiger partial charge in [-0.15, -0.1) is 0 Å². The molecule has 1 atom stereocenters. The molecule has 2 aromatic rings. The van der Waals surface area contributed by atoms with E-state index >= 15 is 0 Å². The Morgan fingerprint density at radius 1 is 1.09 bits per heavy atom. The van der Waals surface area contributed by atoms with Gasteiger partial charge in [0.05, 0.1) is 0 Å². The highest BCUT2D eigenvalue weighted by Gasteiger charge is 2.21. The highest BCUT2D eigenvalue weighted by molar-refractivity contribution is 5.97. The topological polar surface area (TPSA) is 84.2 Å². The predicted molar refractivity (Wildman–Crippen MR) is 84.9 cm³/mol. The molecule has 5 heteroatoms. The van der Waals surface area contributed by atoms with Crippen molar-refractivity contribution in [1.29, 1.82) is 0 Å². The van der Waals surface area contributed by atoms with Crippen LogP contribution in [0.3, 0.4) is 0 Å². The zero-order valence-electron chi connectivity index (χ0n) is 12.4. The van der Waals surface area contributed by atoms with Crippen LogP contribution in [0.1, 0.15) is 21.5 Å². The average molecular weight is 297 g/mol. The number of nitrogens with one attached hydrogen (secondary N) is 2. The number of carbonyl (C=O) groups is 2. The molecular weight excluding hydrogens is 278 g/mol. The van der Waals surface area contributed by atoms with Gasteiger partial charge in [-0.1, -0.05) is 48.0 Å². The minimum atomic E-state index is -0.722. The second-order valence-corrected chi connectivity index (χ2v) is 5.09. The van der Waals surface area contributed by atoms with Gasteiger partial charge >= 0.3 is 0 Å². The van der Waals surface area contributed by atoms with E-state index in [4.69, 9.17) is 5.84 Å². The molecule has 0 aliphatic carbocycles. The van der Waals surface area contributed by atoms with Gasteiger partial charge in [-0.2, -0.15) is 0 Å². The maximum absolute atomic E-state index is 12.3. The van der Waals surface area contributed by atoms with E-state index in [0.717, 1.165) is 11.1 Å². The summed E-state index contributed by atoms with van der Waals surface area (Å²) in [6.45, 7) is 1.91. The summed E-state index contributed by atoms with van der Waals surface area (Å²) >= 11 is 0. The molecule has 0 spiro atoms. The van der Waals surface area contributed by atoms with Crippen molar-refractivity contribution in [2.45, 2.75) is 19.4 Å². The van der Waals surface area contributed by atoms with Crippen LogP contribution in [0.25, 0.3) is 0 Å². The number of carbonyl (C=O) groups excluding carboxylic acids is 2. The fourth-order valence-corrected chi connectivity index (χ4v) is 2.19. The van der Waals surface area contributed by atoms with Gasteiger partial charge in [0.1, 0.15) is 6.04 Å². The van der Waals surface area contributed by atoms with Crippen molar-refractivity contribution in [1.82, 2.24) is 10.7 Å². The summed E-state index contributed by atoms with van der Waals surface area (Å²) in [6, 6.07) is 15.9. The number of nitrogens with two attached hydrogens (primary N) is 1. The predicted octanol–water partition coefficient (Wildman–Crippen LogP) is 1.33. The number of hydrazine groups is 1. The number of aryl methyl sites for hydroxylation is 1. The van der Waals surface area contributed by atoms with Gasteiger partial charge in [0.25, 0.3) is 11.8 Å². The van der Waals surface area contributed by atoms with Crippen molar-refractivity contribution >= 4 is 11.8 Å². The second-order valence-electron chi connectivity index (χ2n) is 5.09. The van der Waals surface area contributed by atoms with Gasteiger partial charge in [0.15, 0.2) is 0 Å². The first-order valence-corrected chi connectivity index (χ1v) is 7.02. The van der Waals surface area contributed by atoms with Crippen molar-refractivity contribution < 1.29 is 9.59 Å². The molecule has 22 heavy (non-hydrogen) atoms. The summed E-state index contributed by atoms with van der Waals surface area (Å²) in [5.74, 6) is 4.49. The van der Waals surface area contributed by atoms with E-state index in [1.807, 2.05) is 43.3 Å². The fraction of sp³-hybridized carbons (Fsp3) is 0.176. The van der Waals surface area contributed by atoms with Crippen LogP contribution >= 0.6 is 0 Å². The highest BCUT2D eigenvalue weighted by atomic mass is 16.2. The molecule has 0 aliphatic heterocycles. The number of benzene rings is 2. The molecule has 5 nitrogen and oxygen atoms in total. The van der Waals surface area contributed by atoms with Gasteiger partial charge < -0.3 is 5.32 Å². The summed E-state index contributed by atoms with van der Waals surface area (Å²) in [5, 5.41) is 2.73. The zero-order valence-corrected chi connectivity index (χ0v) is 12.4. The number of hydrogen-bond donors (Lipinski definition) is 3. The first-order valence-electron chi connectivity index (χ1n) is 7.02. The number of rotatable bonds is 5. The normalized spacial score (nSPS) is 11.5. The molecule has 0 bridgehead atoms. The summed E-state index contributed by atoms with van der Waals surface area (Å²) < 4.78 is 0. The van der Waals surface area contributed by atoms with Gasteiger partial charge in [-0.05, 0) is 24.6 Å². The Hall–Kier alpha value is -2.66. The summed E-state index contributed by atoms with van der Waals surface area (Å²) in [5.41, 5.74) is 4.54. The van der Waals surface area contributed by atoms with Gasteiger partial charge in [0.2, 0.25) is 0 Å². The van der Waals surface area contributed by atoms with E-state index in [1.54, 1.807) is 18.2 Å². The third-order valence-corrected chi connectivity index (χ3v) is 3.33. The highest BCUT2D eigenvalue weighted by Crippen LogP contribution is 2.07. The number of hydrogen-bond acceptors (Lipinski definition) is 3. The monoisotopic (exact) mass is 297 g/mol. The first-order chi connectivity index (χ1) is 10.6. The van der Waals surface area contributed by atoms with Crippen molar-refractivity contribution in [2.75, 3.05) is 0 Å². The van der Waals surface area contributed by atoms with E-state index in [2.05, 4.69) is 10.7 Å². The molecule has 0 heterocycles. The van der Waals surface area contributed by atoms with Crippen LogP contribution < -0.4 is 16.6 Å². The van der Waals surface area contributed by atoms with Gasteiger partial charge in [0, 0.05) is 12.0 Å². The minimum Gasteiger partial charge on any atom is -0.340 e. The first kappa shape index (κ1) is 15.7. The molecule has 0 radical (unpaired) electrons. The second kappa shape index (κ2) is 7.38. The molecule has 0 saturated carbocycles. The van der Waals surface area contributed by atoms with Crippen LogP contribution in [-0.2, 0) is 11.2 Å². The van der Waals surface area contributed by atoms with Crippen LogP contribution in [0.15, 0.2) is 54.6 Å². The van der Waals surface area contributed by atoms with Crippen molar-refractivity contribution in [2.24, 2.45) is 5.84 Å². The molecule has 2 aromatic carbocycles. The quantitative estimate of drug-likeness (QED) is 0.442. The van der Waals surface area contributed by atoms with E-state index in [9.17, 15) is 9.59 Å². The van der Waals surface area contributed by atoms with E-state index in [1.165, 1.54) is 0 Å². The molecule has 2 amide bonds. The fourth-order valence-electron chi connectivity index (χ4n) is 2.19. The molecule has 0 aromatic heterocycles. The van der Waals surface area contributed by atoms with Crippen molar-refractivity contribution in [3.05, 3.63) is 71.3 Å². The van der Waals surface area contributed by atoms with E-state index < -0.39 is 11.9 Å². The molecule has 114 valence electrons. The average Bonchev–Trinajstić information content (AvgIpc) is 2.54. The molecule has 0 aliphatic rings. The molecule has 0 fully saturated rings. The van der Waals surface area contributed by atoms with Crippen LogP contribution in [0, 0.1) is 6.92 Å². The Bertz CT molecular complexity index is 656. The SMILES string of the molecule is Cc1cccc(C(=O)NC(Cc2ccccc2)C(=O)NN)c1. The summed E-state index contributed by atoms with van der Waals surface area (Å²) in [7, 11) is 0. The third kappa shape index (κ3) is 4.17. The molecular formula is C17H19N3O2. The smallest absolute Gasteiger partial charge is 0.256 e. The molecule has 4 N–H and O–H groups in total. The van der Waals surface area contributed by atoms with Gasteiger partial charge in [-0.3, -0.25) is 15.0 Å². The largest absolute Gasteiger partial charge is 0.340 e. The summed E-state index contributed by atoms with van der Waals surface area (Å²) in [4.78, 5) is 24.2. The maximum Gasteiger partial charge on any atom is 0.256 e. The van der Waals surface area contributed by atoms with Crippen LogP contribution in [-0.4, -0.2) is 17.9 Å². The zero-order chi connectivity index (χ0) is 15.9. The Kier molecular flexibility index (Phi) is 5.27. The van der Waals surface area contributed by atoms with Crippen LogP contribution in [0.4, 0.5) is 0 Å². The summed E-state index contributed by atoms with van der Waals surface area (Å²) in [6.07, 6.45) is 0.376. The molecule has 1 unspecified atom stereocenters. The van der Waals surface area contributed by atoms with E-state index in [-0.39, 0.29) is 5.91 Å². The van der Waals surface area contributed by atoms with Crippen molar-refractivity contribution in [3.63, 3.8) is 0 Å². The van der Waals surface area contributed by atoms with E-state index in [0.29, 0.717) is 12.0 Å². The Morgan fingerprint density at radius 3 is 2.45 bits per heavy atom. The lowest BCUT2D eigenvalue weighted by Crippen LogP contribution is -2.50. The van der Waals surface area contributed by atoms with Gasteiger partial charge in [-0.25, -0.2) is 5.84 Å². The number of amides is 2. The Balaban J connectivity index is 2.13. The third-order valence-electron chi connectivity index (χ3n) is 3.33. The Morgan fingerprint density at radius 2 is 1.82 bits per heavy atom. The molecule has 0 saturated heterocycles. The lowest BCUT2D eigenvalue weighted by molar-refractivity contribution is -0.123. The van der Waals surface area contributed by atoms with Crippen LogP contribution in [0.5, 0.6) is 0 Å². The maximum atomic E-state index is 12.3.